The number of hydrogen-bond donors (Lipinski definition) is 0. The van der Waals surface area contributed by atoms with Crippen LogP contribution in [-0.2, 0) is 0 Å². The molecular formula is C36H54As3N. The van der Waals surface area contributed by atoms with Gasteiger partial charge in [-0.2, -0.15) is 0 Å². The predicted octanol–water partition coefficient (Wildman–Crippen LogP) is 9.72. The van der Waals surface area contributed by atoms with Gasteiger partial charge >= 0.3 is 263 Å². The van der Waals surface area contributed by atoms with Crippen molar-refractivity contribution in [1.29, 1.82) is 0 Å². The molecule has 0 heterocycles. The SMILES string of the molecule is CC(C)[As](c1cccc(N(c2cccc([As](C(C)C)C(C)C)c2)c2cccc([As](C(C)C)C(C)C)c2)c1)C(C)C. The van der Waals surface area contributed by atoms with Crippen molar-refractivity contribution in [3.8, 4) is 0 Å². The summed E-state index contributed by atoms with van der Waals surface area (Å²) in [6.07, 6.45) is 0. The summed E-state index contributed by atoms with van der Waals surface area (Å²) in [6.45, 7) is 29.2. The second-order valence-electron chi connectivity index (χ2n) is 12.7. The van der Waals surface area contributed by atoms with Crippen LogP contribution in [0.2, 0.25) is 28.2 Å². The molecule has 0 unspecified atom stereocenters. The first-order valence-electron chi connectivity index (χ1n) is 15.3. The maximum absolute atomic E-state index is 2.57. The fourth-order valence-corrected chi connectivity index (χ4v) is 24.8. The van der Waals surface area contributed by atoms with E-state index in [0.717, 1.165) is 28.2 Å². The Bertz CT molecular complexity index is 1040. The monoisotopic (exact) mass is 725 g/mol. The van der Waals surface area contributed by atoms with E-state index in [1.54, 1.807) is 13.1 Å². The Morgan fingerprint density at radius 2 is 0.600 bits per heavy atom. The minimum atomic E-state index is -1.20. The van der Waals surface area contributed by atoms with E-state index in [0.29, 0.717) is 0 Å². The van der Waals surface area contributed by atoms with Gasteiger partial charge < -0.3 is 0 Å². The van der Waals surface area contributed by atoms with E-state index in [1.165, 1.54) is 17.1 Å². The molecule has 0 radical (unpaired) electrons. The first-order valence-corrected chi connectivity index (χ1v) is 24.6. The third kappa shape index (κ3) is 8.15. The number of benzene rings is 3. The summed E-state index contributed by atoms with van der Waals surface area (Å²) in [5.74, 6) is 0. The molecule has 0 aliphatic carbocycles. The summed E-state index contributed by atoms with van der Waals surface area (Å²) >= 11 is -3.59. The summed E-state index contributed by atoms with van der Waals surface area (Å²) in [5, 5.41) is 0. The molecule has 40 heavy (non-hydrogen) atoms. The molecule has 0 aliphatic heterocycles. The summed E-state index contributed by atoms with van der Waals surface area (Å²) in [7, 11) is 0. The van der Waals surface area contributed by atoms with Crippen LogP contribution >= 0.6 is 0 Å². The molecule has 3 aromatic carbocycles. The van der Waals surface area contributed by atoms with Crippen LogP contribution in [0.1, 0.15) is 83.1 Å². The molecular weight excluding hydrogens is 671 g/mol. The Balaban J connectivity index is 2.26. The molecule has 0 N–H and O–H groups in total. The Morgan fingerprint density at radius 1 is 0.375 bits per heavy atom. The first-order chi connectivity index (χ1) is 18.8. The van der Waals surface area contributed by atoms with Crippen LogP contribution < -0.4 is 18.0 Å². The third-order valence-corrected chi connectivity index (χ3v) is 27.0. The fraction of sp³-hybridized carbons (Fsp3) is 0.500. The van der Waals surface area contributed by atoms with Crippen LogP contribution in [0.15, 0.2) is 72.8 Å². The minimum absolute atomic E-state index is 0.746. The molecule has 0 aliphatic rings. The van der Waals surface area contributed by atoms with Crippen LogP contribution in [0.3, 0.4) is 0 Å². The van der Waals surface area contributed by atoms with Crippen LogP contribution in [-0.4, -0.2) is 44.0 Å². The van der Waals surface area contributed by atoms with Gasteiger partial charge in [-0.15, -0.1) is 0 Å². The quantitative estimate of drug-likeness (QED) is 0.168. The van der Waals surface area contributed by atoms with Crippen molar-refractivity contribution in [2.75, 3.05) is 4.90 Å². The van der Waals surface area contributed by atoms with Gasteiger partial charge in [-0.05, 0) is 0 Å². The van der Waals surface area contributed by atoms with Crippen molar-refractivity contribution in [2.24, 2.45) is 0 Å². The summed E-state index contributed by atoms with van der Waals surface area (Å²) < 4.78 is 9.27. The molecule has 0 saturated carbocycles. The summed E-state index contributed by atoms with van der Waals surface area (Å²) in [6, 6.07) is 28.8. The number of anilines is 3. The van der Waals surface area contributed by atoms with Gasteiger partial charge in [0.15, 0.2) is 0 Å². The number of hydrogen-bond acceptors (Lipinski definition) is 1. The zero-order valence-corrected chi connectivity index (χ0v) is 32.8. The van der Waals surface area contributed by atoms with Crippen molar-refractivity contribution in [1.82, 2.24) is 0 Å². The Morgan fingerprint density at radius 3 is 0.800 bits per heavy atom. The molecule has 218 valence electrons. The van der Waals surface area contributed by atoms with Gasteiger partial charge in [-0.1, -0.05) is 0 Å². The number of rotatable bonds is 12. The van der Waals surface area contributed by atoms with E-state index >= 15 is 0 Å². The topological polar surface area (TPSA) is 3.24 Å². The van der Waals surface area contributed by atoms with Gasteiger partial charge in [0, 0.05) is 0 Å². The predicted molar refractivity (Wildman–Crippen MR) is 188 cm³/mol. The van der Waals surface area contributed by atoms with Gasteiger partial charge in [-0.25, -0.2) is 0 Å². The summed E-state index contributed by atoms with van der Waals surface area (Å²) in [5.41, 5.74) is 3.94. The van der Waals surface area contributed by atoms with Crippen LogP contribution in [0.25, 0.3) is 0 Å². The van der Waals surface area contributed by atoms with Crippen molar-refractivity contribution < 1.29 is 0 Å². The van der Waals surface area contributed by atoms with Gasteiger partial charge in [0.05, 0.1) is 0 Å². The summed E-state index contributed by atoms with van der Waals surface area (Å²) in [4.78, 5) is 2.57. The Kier molecular flexibility index (Phi) is 12.6. The zero-order valence-electron chi connectivity index (χ0n) is 27.2. The standard InChI is InChI=1S/C36H54As3N/c1-25(2)37(26(3)4)31-16-13-19-34(22-31)40(35-20-14-17-32(23-35)38(27(5)6)28(7)8)36-21-15-18-33(24-36)39(29(9)10)30(11)12/h13-30H,1-12H3. The molecule has 0 saturated heterocycles. The average Bonchev–Trinajstić information content (AvgIpc) is 2.84. The average molecular weight is 726 g/mol. The van der Waals surface area contributed by atoms with E-state index in [-0.39, 0.29) is 0 Å². The Labute approximate surface area is 261 Å². The fourth-order valence-electron chi connectivity index (χ4n) is 6.40. The molecule has 3 aromatic rings. The van der Waals surface area contributed by atoms with Gasteiger partial charge in [0.25, 0.3) is 0 Å². The number of nitrogens with zero attached hydrogens (tertiary/aromatic N) is 1. The van der Waals surface area contributed by atoms with Crippen molar-refractivity contribution >= 4 is 74.1 Å². The second-order valence-corrected chi connectivity index (χ2v) is 34.1. The van der Waals surface area contributed by atoms with E-state index in [1.807, 2.05) is 0 Å². The van der Waals surface area contributed by atoms with Gasteiger partial charge in [-0.3, -0.25) is 0 Å². The second kappa shape index (κ2) is 15.0. The normalized spacial score (nSPS) is 12.5. The van der Waals surface area contributed by atoms with Crippen LogP contribution in [0.4, 0.5) is 17.1 Å². The molecule has 0 aromatic heterocycles. The van der Waals surface area contributed by atoms with E-state index < -0.39 is 44.0 Å². The molecule has 1 nitrogen and oxygen atoms in total. The Hall–Kier alpha value is -0.865. The maximum atomic E-state index is 2.57. The van der Waals surface area contributed by atoms with E-state index in [9.17, 15) is 0 Å². The van der Waals surface area contributed by atoms with Crippen LogP contribution in [0, 0.1) is 0 Å². The van der Waals surface area contributed by atoms with E-state index in [4.69, 9.17) is 0 Å². The van der Waals surface area contributed by atoms with Crippen molar-refractivity contribution in [3.05, 3.63) is 72.8 Å². The zero-order chi connectivity index (χ0) is 29.7. The molecule has 0 amide bonds. The molecule has 0 spiro atoms. The molecule has 0 bridgehead atoms. The van der Waals surface area contributed by atoms with E-state index in [2.05, 4.69) is 161 Å². The first kappa shape index (κ1) is 33.6. The van der Waals surface area contributed by atoms with Gasteiger partial charge in [0.2, 0.25) is 0 Å². The van der Waals surface area contributed by atoms with Crippen LogP contribution in [0.5, 0.6) is 0 Å². The molecule has 0 atom stereocenters. The third-order valence-electron chi connectivity index (χ3n) is 7.50. The molecule has 4 heteroatoms. The van der Waals surface area contributed by atoms with Gasteiger partial charge in [0.1, 0.15) is 0 Å². The van der Waals surface area contributed by atoms with Crippen molar-refractivity contribution in [2.45, 2.75) is 111 Å². The molecule has 3 rings (SSSR count). The molecule has 0 fully saturated rings. The van der Waals surface area contributed by atoms with Crippen molar-refractivity contribution in [3.63, 3.8) is 0 Å².